The number of esters is 1. The number of carbonyl (C=O) groups is 1. The van der Waals surface area contributed by atoms with Crippen LogP contribution in [0.15, 0.2) is 12.3 Å². The number of nitrogens with zero attached hydrogens (tertiary/aromatic N) is 2. The van der Waals surface area contributed by atoms with Crippen molar-refractivity contribution in [3.05, 3.63) is 18.1 Å². The van der Waals surface area contributed by atoms with Crippen molar-refractivity contribution < 1.29 is 9.53 Å². The lowest BCUT2D eigenvalue weighted by Gasteiger charge is -2.08. The smallest absolute Gasteiger partial charge is 0.329 e. The Morgan fingerprint density at radius 1 is 1.67 bits per heavy atom. The third-order valence-electron chi connectivity index (χ3n) is 2.30. The molecule has 1 atom stereocenters. The van der Waals surface area contributed by atoms with E-state index >= 15 is 0 Å². The summed E-state index contributed by atoms with van der Waals surface area (Å²) in [5.41, 5.74) is 0. The molecule has 5 nitrogen and oxygen atoms in total. The molecule has 1 saturated heterocycles. The Labute approximate surface area is 87.9 Å². The number of hydrogen-bond acceptors (Lipinski definition) is 5. The van der Waals surface area contributed by atoms with Crippen LogP contribution in [0.3, 0.4) is 0 Å². The first kappa shape index (κ1) is 10.0. The van der Waals surface area contributed by atoms with Gasteiger partial charge in [0.1, 0.15) is 11.9 Å². The normalized spacial score (nSPS) is 20.2. The van der Waals surface area contributed by atoms with Crippen LogP contribution in [-0.4, -0.2) is 28.5 Å². The molecule has 0 spiro atoms. The van der Waals surface area contributed by atoms with E-state index in [1.165, 1.54) is 0 Å². The Balaban J connectivity index is 1.99. The van der Waals surface area contributed by atoms with Crippen LogP contribution in [0.4, 0.5) is 0 Å². The molecule has 1 aromatic rings. The Hall–Kier alpha value is -1.49. The lowest BCUT2D eigenvalue weighted by molar-refractivity contribution is -0.136. The average molecular weight is 207 g/mol. The highest BCUT2D eigenvalue weighted by Crippen LogP contribution is 2.10. The summed E-state index contributed by atoms with van der Waals surface area (Å²) in [5.74, 6) is 0.659. The van der Waals surface area contributed by atoms with Crippen molar-refractivity contribution in [1.29, 1.82) is 0 Å². The molecule has 15 heavy (non-hydrogen) atoms. The molecule has 1 fully saturated rings. The molecule has 0 aromatic carbocycles. The summed E-state index contributed by atoms with van der Waals surface area (Å²) >= 11 is 0. The molecule has 1 N–H and O–H groups in total. The van der Waals surface area contributed by atoms with Crippen molar-refractivity contribution >= 4 is 5.97 Å². The van der Waals surface area contributed by atoms with E-state index in [1.807, 2.05) is 0 Å². The maximum absolute atomic E-state index is 11.6. The average Bonchev–Trinajstić information content (AvgIpc) is 2.70. The molecule has 0 radical (unpaired) electrons. The second-order valence-corrected chi connectivity index (χ2v) is 3.51. The summed E-state index contributed by atoms with van der Waals surface area (Å²) < 4.78 is 5.13. The van der Waals surface area contributed by atoms with E-state index in [-0.39, 0.29) is 12.0 Å². The lowest BCUT2D eigenvalue weighted by Crippen LogP contribution is -2.34. The Bertz CT molecular complexity index is 361. The van der Waals surface area contributed by atoms with Crippen LogP contribution in [0.2, 0.25) is 0 Å². The van der Waals surface area contributed by atoms with Crippen molar-refractivity contribution in [3.8, 4) is 5.88 Å². The second-order valence-electron chi connectivity index (χ2n) is 3.51. The van der Waals surface area contributed by atoms with Crippen LogP contribution in [0, 0.1) is 6.92 Å². The zero-order valence-corrected chi connectivity index (χ0v) is 8.56. The van der Waals surface area contributed by atoms with E-state index in [0.29, 0.717) is 11.7 Å². The van der Waals surface area contributed by atoms with Crippen molar-refractivity contribution in [2.75, 3.05) is 6.54 Å². The Kier molecular flexibility index (Phi) is 2.91. The summed E-state index contributed by atoms with van der Waals surface area (Å²) in [5, 5.41) is 3.07. The van der Waals surface area contributed by atoms with Gasteiger partial charge >= 0.3 is 5.97 Å². The molecule has 0 amide bonds. The van der Waals surface area contributed by atoms with Crippen LogP contribution in [0.1, 0.15) is 18.7 Å². The first-order valence-electron chi connectivity index (χ1n) is 5.00. The van der Waals surface area contributed by atoms with Gasteiger partial charge in [-0.05, 0) is 26.3 Å². The molecule has 0 saturated carbocycles. The maximum Gasteiger partial charge on any atom is 0.329 e. The fourth-order valence-corrected chi connectivity index (χ4v) is 1.55. The summed E-state index contributed by atoms with van der Waals surface area (Å²) in [6, 6.07) is 1.40. The molecule has 1 aromatic heterocycles. The summed E-state index contributed by atoms with van der Waals surface area (Å²) in [4.78, 5) is 19.5. The monoisotopic (exact) mass is 207 g/mol. The van der Waals surface area contributed by atoms with Crippen LogP contribution < -0.4 is 10.1 Å². The Morgan fingerprint density at radius 3 is 3.20 bits per heavy atom. The largest absolute Gasteiger partial charge is 0.406 e. The van der Waals surface area contributed by atoms with Crippen molar-refractivity contribution in [2.45, 2.75) is 25.8 Å². The molecular weight excluding hydrogens is 194 g/mol. The van der Waals surface area contributed by atoms with Gasteiger partial charge in [0.15, 0.2) is 0 Å². The minimum absolute atomic E-state index is 0.180. The van der Waals surface area contributed by atoms with Gasteiger partial charge < -0.3 is 10.1 Å². The van der Waals surface area contributed by atoms with Gasteiger partial charge in [-0.25, -0.2) is 9.78 Å². The quantitative estimate of drug-likeness (QED) is 0.713. The first-order valence-corrected chi connectivity index (χ1v) is 5.00. The van der Waals surface area contributed by atoms with E-state index in [0.717, 1.165) is 19.4 Å². The number of hydrogen-bond donors (Lipinski definition) is 1. The van der Waals surface area contributed by atoms with Gasteiger partial charge in [-0.3, -0.25) is 0 Å². The number of nitrogens with one attached hydrogen (secondary N) is 1. The topological polar surface area (TPSA) is 64.1 Å². The molecule has 2 rings (SSSR count). The van der Waals surface area contributed by atoms with Gasteiger partial charge in [0.25, 0.3) is 0 Å². The highest BCUT2D eigenvalue weighted by atomic mass is 16.5. The van der Waals surface area contributed by atoms with Crippen LogP contribution in [0.25, 0.3) is 0 Å². The highest BCUT2D eigenvalue weighted by molar-refractivity contribution is 5.78. The van der Waals surface area contributed by atoms with E-state index in [4.69, 9.17) is 4.74 Å². The number of aryl methyl sites for hydroxylation is 1. The predicted octanol–water partition coefficient (Wildman–Crippen LogP) is 0.442. The van der Waals surface area contributed by atoms with E-state index in [2.05, 4.69) is 15.3 Å². The fourth-order valence-electron chi connectivity index (χ4n) is 1.55. The lowest BCUT2D eigenvalue weighted by atomic mass is 10.2. The number of ether oxygens (including phenoxy) is 1. The highest BCUT2D eigenvalue weighted by Gasteiger charge is 2.24. The van der Waals surface area contributed by atoms with Crippen LogP contribution in [-0.2, 0) is 4.79 Å². The van der Waals surface area contributed by atoms with Gasteiger partial charge in [0, 0.05) is 12.3 Å². The number of carbonyl (C=O) groups excluding carboxylic acids is 1. The molecular formula is C10H13N3O2. The summed E-state index contributed by atoms with van der Waals surface area (Å²) in [7, 11) is 0. The van der Waals surface area contributed by atoms with Gasteiger partial charge in [0.2, 0.25) is 5.88 Å². The molecule has 1 aliphatic rings. The number of rotatable bonds is 2. The minimum Gasteiger partial charge on any atom is -0.406 e. The molecule has 5 heteroatoms. The van der Waals surface area contributed by atoms with Gasteiger partial charge in [-0.15, -0.1) is 0 Å². The summed E-state index contributed by atoms with van der Waals surface area (Å²) in [6.45, 7) is 2.63. The second kappa shape index (κ2) is 4.35. The zero-order chi connectivity index (χ0) is 10.7. The third-order valence-corrected chi connectivity index (χ3v) is 2.30. The minimum atomic E-state index is -0.259. The van der Waals surface area contributed by atoms with Crippen LogP contribution >= 0.6 is 0 Å². The van der Waals surface area contributed by atoms with Crippen molar-refractivity contribution in [2.24, 2.45) is 0 Å². The SMILES string of the molecule is Cc1nccc(OC(=O)C2CCCN2)n1. The molecule has 0 bridgehead atoms. The van der Waals surface area contributed by atoms with Gasteiger partial charge in [0.05, 0.1) is 0 Å². The predicted molar refractivity (Wildman–Crippen MR) is 53.4 cm³/mol. The standard InChI is InChI=1S/C10H13N3O2/c1-7-11-6-4-9(13-7)15-10(14)8-3-2-5-12-8/h4,6,8,12H,2-3,5H2,1H3. The molecule has 80 valence electrons. The molecule has 0 aliphatic carbocycles. The third kappa shape index (κ3) is 2.50. The van der Waals surface area contributed by atoms with Crippen LogP contribution in [0.5, 0.6) is 5.88 Å². The van der Waals surface area contributed by atoms with E-state index < -0.39 is 0 Å². The summed E-state index contributed by atoms with van der Waals surface area (Å²) in [6.07, 6.45) is 3.43. The fraction of sp³-hybridized carbons (Fsp3) is 0.500. The number of aromatic nitrogens is 2. The zero-order valence-electron chi connectivity index (χ0n) is 8.56. The van der Waals surface area contributed by atoms with Crippen molar-refractivity contribution in [1.82, 2.24) is 15.3 Å². The van der Waals surface area contributed by atoms with Crippen molar-refractivity contribution in [3.63, 3.8) is 0 Å². The van der Waals surface area contributed by atoms with E-state index in [9.17, 15) is 4.79 Å². The maximum atomic E-state index is 11.6. The Morgan fingerprint density at radius 2 is 2.53 bits per heavy atom. The molecule has 1 unspecified atom stereocenters. The first-order chi connectivity index (χ1) is 7.25. The van der Waals surface area contributed by atoms with Gasteiger partial charge in [-0.2, -0.15) is 4.98 Å². The molecule has 2 heterocycles. The van der Waals surface area contributed by atoms with Gasteiger partial charge in [-0.1, -0.05) is 0 Å². The van der Waals surface area contributed by atoms with E-state index in [1.54, 1.807) is 19.2 Å². The molecule has 1 aliphatic heterocycles.